The van der Waals surface area contributed by atoms with Crippen molar-refractivity contribution in [1.29, 1.82) is 0 Å². The zero-order valence-corrected chi connectivity index (χ0v) is 14.5. The highest BCUT2D eigenvalue weighted by atomic mass is 16.5. The number of ketones is 1. The second-order valence-corrected chi connectivity index (χ2v) is 6.58. The summed E-state index contributed by atoms with van der Waals surface area (Å²) in [6.07, 6.45) is 3.51. The minimum absolute atomic E-state index is 0.0167. The lowest BCUT2D eigenvalue weighted by atomic mass is 9.94. The molecule has 3 fully saturated rings. The predicted molar refractivity (Wildman–Crippen MR) is 89.1 cm³/mol. The van der Waals surface area contributed by atoms with Crippen LogP contribution in [0.5, 0.6) is 0 Å². The van der Waals surface area contributed by atoms with Crippen molar-refractivity contribution in [3.05, 3.63) is 17.5 Å². The Labute approximate surface area is 142 Å². The quantitative estimate of drug-likeness (QED) is 0.751. The molecule has 24 heavy (non-hydrogen) atoms. The number of anilines is 1. The van der Waals surface area contributed by atoms with E-state index >= 15 is 0 Å². The zero-order valence-electron chi connectivity index (χ0n) is 14.5. The van der Waals surface area contributed by atoms with Gasteiger partial charge in [-0.1, -0.05) is 0 Å². The molecule has 0 aliphatic carbocycles. The number of ether oxygens (including phenoxy) is 1. The summed E-state index contributed by atoms with van der Waals surface area (Å²) >= 11 is 0. The number of nitrogens with zero attached hydrogens (tertiary/aromatic N) is 4. The second kappa shape index (κ2) is 6.84. The molecule has 0 N–H and O–H groups in total. The van der Waals surface area contributed by atoms with Crippen molar-refractivity contribution in [1.82, 2.24) is 14.9 Å². The van der Waals surface area contributed by atoms with E-state index in [2.05, 4.69) is 14.9 Å². The summed E-state index contributed by atoms with van der Waals surface area (Å²) in [6.45, 7) is 5.89. The molecule has 7 heteroatoms. The first kappa shape index (κ1) is 16.8. The summed E-state index contributed by atoms with van der Waals surface area (Å²) < 4.78 is 5.14. The third-order valence-electron chi connectivity index (χ3n) is 4.96. The van der Waals surface area contributed by atoms with Crippen molar-refractivity contribution in [2.75, 3.05) is 38.3 Å². The van der Waals surface area contributed by atoms with Gasteiger partial charge in [0.05, 0.1) is 23.8 Å². The van der Waals surface area contributed by atoms with Crippen molar-refractivity contribution in [2.24, 2.45) is 5.92 Å². The number of aromatic nitrogens is 2. The van der Waals surface area contributed by atoms with Gasteiger partial charge >= 0.3 is 0 Å². The molecule has 2 atom stereocenters. The van der Waals surface area contributed by atoms with Gasteiger partial charge in [-0.15, -0.1) is 0 Å². The van der Waals surface area contributed by atoms with Crippen LogP contribution >= 0.6 is 0 Å². The third-order valence-corrected chi connectivity index (χ3v) is 4.96. The van der Waals surface area contributed by atoms with Crippen LogP contribution in [0.4, 0.5) is 5.95 Å². The fourth-order valence-corrected chi connectivity index (χ4v) is 3.64. The SMILES string of the molecule is COCCN1C(=O)[C@H]2CC[C@@H]1CN(c1ncc(C(C)=O)c(C)n1)C2. The number of rotatable bonds is 5. The molecule has 2 bridgehead atoms. The van der Waals surface area contributed by atoms with Gasteiger partial charge in [-0.05, 0) is 26.7 Å². The van der Waals surface area contributed by atoms with E-state index in [4.69, 9.17) is 4.74 Å². The van der Waals surface area contributed by atoms with Crippen LogP contribution < -0.4 is 4.90 Å². The van der Waals surface area contributed by atoms with Gasteiger partial charge in [0.25, 0.3) is 0 Å². The lowest BCUT2D eigenvalue weighted by Crippen LogP contribution is -2.49. The van der Waals surface area contributed by atoms with E-state index in [0.717, 1.165) is 19.4 Å². The molecule has 0 unspecified atom stereocenters. The molecule has 130 valence electrons. The molecule has 0 aromatic carbocycles. The van der Waals surface area contributed by atoms with Crippen molar-refractivity contribution in [3.8, 4) is 0 Å². The summed E-state index contributed by atoms with van der Waals surface area (Å²) in [7, 11) is 1.65. The first-order chi connectivity index (χ1) is 11.5. The van der Waals surface area contributed by atoms with Crippen LogP contribution in [-0.2, 0) is 9.53 Å². The molecule has 0 radical (unpaired) electrons. The molecule has 4 heterocycles. The molecule has 3 aliphatic rings. The van der Waals surface area contributed by atoms with Gasteiger partial charge in [0, 0.05) is 39.0 Å². The molecule has 4 rings (SSSR count). The first-order valence-electron chi connectivity index (χ1n) is 8.40. The van der Waals surface area contributed by atoms with Gasteiger partial charge < -0.3 is 14.5 Å². The number of Topliss-reactive ketones (excluding diaryl/α,β-unsaturated/α-hetero) is 1. The fraction of sp³-hybridized carbons (Fsp3) is 0.647. The lowest BCUT2D eigenvalue weighted by molar-refractivity contribution is -0.140. The molecule has 3 saturated heterocycles. The Morgan fingerprint density at radius 3 is 2.83 bits per heavy atom. The van der Waals surface area contributed by atoms with E-state index in [1.54, 1.807) is 13.3 Å². The number of aryl methyl sites for hydroxylation is 1. The minimum atomic E-state index is -0.0316. The summed E-state index contributed by atoms with van der Waals surface area (Å²) in [6, 6.07) is 0.169. The monoisotopic (exact) mass is 332 g/mol. The smallest absolute Gasteiger partial charge is 0.227 e. The van der Waals surface area contributed by atoms with Gasteiger partial charge in [-0.2, -0.15) is 0 Å². The minimum Gasteiger partial charge on any atom is -0.383 e. The van der Waals surface area contributed by atoms with Gasteiger partial charge in [-0.25, -0.2) is 9.97 Å². The van der Waals surface area contributed by atoms with E-state index in [9.17, 15) is 9.59 Å². The molecule has 0 saturated carbocycles. The Morgan fingerprint density at radius 2 is 2.17 bits per heavy atom. The van der Waals surface area contributed by atoms with Crippen LogP contribution in [0.2, 0.25) is 0 Å². The summed E-state index contributed by atoms with van der Waals surface area (Å²) in [4.78, 5) is 37.1. The topological polar surface area (TPSA) is 75.6 Å². The van der Waals surface area contributed by atoms with Crippen molar-refractivity contribution >= 4 is 17.6 Å². The van der Waals surface area contributed by atoms with E-state index in [1.165, 1.54) is 6.92 Å². The van der Waals surface area contributed by atoms with Crippen molar-refractivity contribution in [2.45, 2.75) is 32.7 Å². The average Bonchev–Trinajstić information content (AvgIpc) is 2.84. The maximum atomic E-state index is 12.7. The maximum absolute atomic E-state index is 12.7. The van der Waals surface area contributed by atoms with E-state index in [-0.39, 0.29) is 23.7 Å². The number of carbonyl (C=O) groups excluding carboxylic acids is 2. The van der Waals surface area contributed by atoms with E-state index in [1.807, 2.05) is 11.8 Å². The number of fused-ring (bicyclic) bond motifs is 4. The molecule has 7 nitrogen and oxygen atoms in total. The summed E-state index contributed by atoms with van der Waals surface area (Å²) in [5.74, 6) is 0.770. The van der Waals surface area contributed by atoms with Gasteiger partial charge in [0.2, 0.25) is 11.9 Å². The Morgan fingerprint density at radius 1 is 1.38 bits per heavy atom. The number of methoxy groups -OCH3 is 1. The highest BCUT2D eigenvalue weighted by Crippen LogP contribution is 2.30. The second-order valence-electron chi connectivity index (χ2n) is 6.58. The number of hydrogen-bond donors (Lipinski definition) is 0. The van der Waals surface area contributed by atoms with Crippen LogP contribution in [0.3, 0.4) is 0 Å². The molecule has 3 aliphatic heterocycles. The maximum Gasteiger partial charge on any atom is 0.227 e. The lowest BCUT2D eigenvalue weighted by Gasteiger charge is -2.35. The molecular weight excluding hydrogens is 308 g/mol. The Balaban J connectivity index is 1.83. The molecule has 1 aromatic heterocycles. The molecule has 1 amide bonds. The number of amides is 1. The first-order valence-corrected chi connectivity index (χ1v) is 8.40. The van der Waals surface area contributed by atoms with Crippen LogP contribution in [0.1, 0.15) is 35.8 Å². The predicted octanol–water partition coefficient (Wildman–Crippen LogP) is 1.06. The van der Waals surface area contributed by atoms with Crippen molar-refractivity contribution in [3.63, 3.8) is 0 Å². The van der Waals surface area contributed by atoms with Crippen LogP contribution in [0, 0.1) is 12.8 Å². The van der Waals surface area contributed by atoms with Crippen LogP contribution in [-0.4, -0.2) is 66.0 Å². The Bertz CT molecular complexity index is 649. The van der Waals surface area contributed by atoms with Gasteiger partial charge in [0.1, 0.15) is 0 Å². The largest absolute Gasteiger partial charge is 0.383 e. The van der Waals surface area contributed by atoms with Crippen molar-refractivity contribution < 1.29 is 14.3 Å². The summed E-state index contributed by atoms with van der Waals surface area (Å²) in [5, 5.41) is 0. The van der Waals surface area contributed by atoms with Gasteiger partial charge in [0.15, 0.2) is 5.78 Å². The molecule has 1 aromatic rings. The average molecular weight is 332 g/mol. The third kappa shape index (κ3) is 3.13. The van der Waals surface area contributed by atoms with Gasteiger partial charge in [-0.3, -0.25) is 9.59 Å². The highest BCUT2D eigenvalue weighted by Gasteiger charge is 2.41. The Hall–Kier alpha value is -2.02. The standard InChI is InChI=1S/C17H24N4O3/c1-11-15(12(2)22)8-18-17(19-11)20-9-13-4-5-14(10-20)21(16(13)23)6-7-24-3/h8,13-14H,4-7,9-10H2,1-3H3/t13-,14+/m0/s1. The Kier molecular flexibility index (Phi) is 4.80. The van der Waals surface area contributed by atoms with E-state index < -0.39 is 0 Å². The fourth-order valence-electron chi connectivity index (χ4n) is 3.64. The molecular formula is C17H24N4O3. The molecule has 0 spiro atoms. The van der Waals surface area contributed by atoms with E-state index in [0.29, 0.717) is 36.9 Å². The van der Waals surface area contributed by atoms with Crippen LogP contribution in [0.25, 0.3) is 0 Å². The normalized spacial score (nSPS) is 23.5. The summed E-state index contributed by atoms with van der Waals surface area (Å²) in [5.41, 5.74) is 1.24. The zero-order chi connectivity index (χ0) is 17.3. The van der Waals surface area contributed by atoms with Crippen LogP contribution in [0.15, 0.2) is 6.20 Å². The number of piperidine rings is 1. The number of hydrogen-bond acceptors (Lipinski definition) is 6. The highest BCUT2D eigenvalue weighted by molar-refractivity contribution is 5.94. The number of carbonyl (C=O) groups is 2.